The van der Waals surface area contributed by atoms with Crippen molar-refractivity contribution < 1.29 is 9.18 Å². The van der Waals surface area contributed by atoms with Gasteiger partial charge in [0.05, 0.1) is 11.3 Å². The maximum absolute atomic E-state index is 13.9. The first kappa shape index (κ1) is 18.4. The second kappa shape index (κ2) is 7.88. The van der Waals surface area contributed by atoms with Gasteiger partial charge in [0.1, 0.15) is 5.82 Å². The van der Waals surface area contributed by atoms with Crippen molar-refractivity contribution in [2.45, 2.75) is 12.1 Å². The second-order valence-corrected chi connectivity index (χ2v) is 7.00. The molecule has 134 valence electrons. The minimum Gasteiger partial charge on any atom is -0.325 e. The molecule has 0 fully saturated rings. The first-order valence-corrected chi connectivity index (χ1v) is 9.15. The highest BCUT2D eigenvalue weighted by molar-refractivity contribution is 7.99. The zero-order chi connectivity index (χ0) is 18.7. The summed E-state index contributed by atoms with van der Waals surface area (Å²) in [5.41, 5.74) is 1.95. The zero-order valence-electron chi connectivity index (χ0n) is 14.2. The molecule has 3 aromatic rings. The number of aryl methyl sites for hydroxylation is 1. The standard InChI is InChI=1S/C18H16ClFN4OS/c1-11-7-8-12(9-14(11)19)21-16(25)10-26-18-23-22-17(24(18)2)13-5-3-4-6-15(13)20/h3-9H,10H2,1-2H3,(H,21,25). The van der Waals surface area contributed by atoms with Gasteiger partial charge in [-0.1, -0.05) is 41.6 Å². The first-order chi connectivity index (χ1) is 12.5. The molecule has 1 heterocycles. The van der Waals surface area contributed by atoms with Gasteiger partial charge >= 0.3 is 0 Å². The molecule has 3 rings (SSSR count). The van der Waals surface area contributed by atoms with Crippen LogP contribution < -0.4 is 5.32 Å². The molecule has 2 aromatic carbocycles. The minimum absolute atomic E-state index is 0.148. The van der Waals surface area contributed by atoms with E-state index >= 15 is 0 Å². The Labute approximate surface area is 159 Å². The van der Waals surface area contributed by atoms with Gasteiger partial charge < -0.3 is 9.88 Å². The van der Waals surface area contributed by atoms with Crippen LogP contribution in [0.4, 0.5) is 10.1 Å². The Morgan fingerprint density at radius 2 is 2.04 bits per heavy atom. The molecule has 8 heteroatoms. The molecule has 0 unspecified atom stereocenters. The van der Waals surface area contributed by atoms with Crippen molar-refractivity contribution in [3.8, 4) is 11.4 Å². The van der Waals surface area contributed by atoms with E-state index in [1.807, 2.05) is 13.0 Å². The van der Waals surface area contributed by atoms with Crippen molar-refractivity contribution >= 4 is 35.0 Å². The molecule has 0 bridgehead atoms. The Morgan fingerprint density at radius 3 is 2.77 bits per heavy atom. The molecule has 26 heavy (non-hydrogen) atoms. The third-order valence-corrected chi connectivity index (χ3v) is 5.17. The van der Waals surface area contributed by atoms with Crippen molar-refractivity contribution in [3.05, 3.63) is 58.9 Å². The summed E-state index contributed by atoms with van der Waals surface area (Å²) in [5, 5.41) is 12.0. The molecule has 0 saturated heterocycles. The second-order valence-electron chi connectivity index (χ2n) is 5.65. The van der Waals surface area contributed by atoms with Gasteiger partial charge in [-0.05, 0) is 36.8 Å². The molecule has 0 aliphatic carbocycles. The summed E-state index contributed by atoms with van der Waals surface area (Å²) in [7, 11) is 1.74. The van der Waals surface area contributed by atoms with Crippen LogP contribution in [0, 0.1) is 12.7 Å². The quantitative estimate of drug-likeness (QED) is 0.659. The van der Waals surface area contributed by atoms with Crippen LogP contribution in [-0.2, 0) is 11.8 Å². The molecule has 1 aromatic heterocycles. The first-order valence-electron chi connectivity index (χ1n) is 7.79. The topological polar surface area (TPSA) is 59.8 Å². The number of nitrogens with one attached hydrogen (secondary N) is 1. The lowest BCUT2D eigenvalue weighted by molar-refractivity contribution is -0.113. The van der Waals surface area contributed by atoms with E-state index in [4.69, 9.17) is 11.6 Å². The van der Waals surface area contributed by atoms with E-state index in [0.29, 0.717) is 27.3 Å². The monoisotopic (exact) mass is 390 g/mol. The predicted octanol–water partition coefficient (Wildman–Crippen LogP) is 4.31. The van der Waals surface area contributed by atoms with Crippen molar-refractivity contribution in [3.63, 3.8) is 0 Å². The molecule has 0 saturated carbocycles. The fourth-order valence-electron chi connectivity index (χ4n) is 2.32. The highest BCUT2D eigenvalue weighted by Crippen LogP contribution is 2.25. The lowest BCUT2D eigenvalue weighted by Gasteiger charge is -2.07. The number of nitrogens with zero attached hydrogens (tertiary/aromatic N) is 3. The molecule has 5 nitrogen and oxygen atoms in total. The molecule has 0 atom stereocenters. The van der Waals surface area contributed by atoms with E-state index in [0.717, 1.165) is 5.56 Å². The molecular weight excluding hydrogens is 375 g/mol. The largest absolute Gasteiger partial charge is 0.325 e. The van der Waals surface area contributed by atoms with Gasteiger partial charge in [0, 0.05) is 17.8 Å². The Hall–Kier alpha value is -2.38. The van der Waals surface area contributed by atoms with Crippen LogP contribution in [-0.4, -0.2) is 26.4 Å². The van der Waals surface area contributed by atoms with Gasteiger partial charge in [-0.25, -0.2) is 4.39 Å². The van der Waals surface area contributed by atoms with E-state index in [9.17, 15) is 9.18 Å². The lowest BCUT2D eigenvalue weighted by atomic mass is 10.2. The lowest BCUT2D eigenvalue weighted by Crippen LogP contribution is -2.14. The van der Waals surface area contributed by atoms with E-state index in [2.05, 4.69) is 15.5 Å². The Balaban J connectivity index is 1.66. The van der Waals surface area contributed by atoms with Crippen LogP contribution in [0.15, 0.2) is 47.6 Å². The Bertz CT molecular complexity index is 960. The number of hydrogen-bond donors (Lipinski definition) is 1. The van der Waals surface area contributed by atoms with Crippen LogP contribution >= 0.6 is 23.4 Å². The normalized spacial score (nSPS) is 10.8. The van der Waals surface area contributed by atoms with Crippen molar-refractivity contribution in [2.24, 2.45) is 7.05 Å². The summed E-state index contributed by atoms with van der Waals surface area (Å²) in [6, 6.07) is 11.7. The molecule has 0 spiro atoms. The number of thioether (sulfide) groups is 1. The molecule has 1 N–H and O–H groups in total. The van der Waals surface area contributed by atoms with Crippen LogP contribution in [0.1, 0.15) is 5.56 Å². The number of carbonyl (C=O) groups excluding carboxylic acids is 1. The number of aromatic nitrogens is 3. The molecule has 0 aliphatic heterocycles. The van der Waals surface area contributed by atoms with Crippen molar-refractivity contribution in [1.29, 1.82) is 0 Å². The number of halogens is 2. The van der Waals surface area contributed by atoms with E-state index in [1.54, 1.807) is 41.9 Å². The molecular formula is C18H16ClFN4OS. The van der Waals surface area contributed by atoms with E-state index in [1.165, 1.54) is 17.8 Å². The number of carbonyl (C=O) groups is 1. The number of amides is 1. The third kappa shape index (κ3) is 4.05. The molecule has 0 radical (unpaired) electrons. The fourth-order valence-corrected chi connectivity index (χ4v) is 3.21. The Kier molecular flexibility index (Phi) is 5.58. The summed E-state index contributed by atoms with van der Waals surface area (Å²) in [4.78, 5) is 12.1. The van der Waals surface area contributed by atoms with Crippen molar-refractivity contribution in [2.75, 3.05) is 11.1 Å². The zero-order valence-corrected chi connectivity index (χ0v) is 15.7. The molecule has 1 amide bonds. The maximum atomic E-state index is 13.9. The van der Waals surface area contributed by atoms with Gasteiger partial charge in [0.25, 0.3) is 0 Å². The fraction of sp³-hybridized carbons (Fsp3) is 0.167. The highest BCUT2D eigenvalue weighted by atomic mass is 35.5. The maximum Gasteiger partial charge on any atom is 0.234 e. The number of anilines is 1. The van der Waals surface area contributed by atoms with E-state index < -0.39 is 0 Å². The van der Waals surface area contributed by atoms with Gasteiger partial charge in [0.15, 0.2) is 11.0 Å². The Morgan fingerprint density at radius 1 is 1.27 bits per heavy atom. The third-order valence-electron chi connectivity index (χ3n) is 3.74. The predicted molar refractivity (Wildman–Crippen MR) is 102 cm³/mol. The van der Waals surface area contributed by atoms with E-state index in [-0.39, 0.29) is 17.5 Å². The summed E-state index contributed by atoms with van der Waals surface area (Å²) in [6.07, 6.45) is 0. The number of benzene rings is 2. The van der Waals surface area contributed by atoms with Crippen LogP contribution in [0.25, 0.3) is 11.4 Å². The summed E-state index contributed by atoms with van der Waals surface area (Å²) >= 11 is 7.28. The summed E-state index contributed by atoms with van der Waals surface area (Å²) in [5.74, 6) is 0.00425. The van der Waals surface area contributed by atoms with Gasteiger partial charge in [-0.15, -0.1) is 10.2 Å². The minimum atomic E-state index is -0.367. The smallest absolute Gasteiger partial charge is 0.234 e. The summed E-state index contributed by atoms with van der Waals surface area (Å²) < 4.78 is 15.6. The summed E-state index contributed by atoms with van der Waals surface area (Å²) in [6.45, 7) is 1.89. The average molecular weight is 391 g/mol. The number of rotatable bonds is 5. The van der Waals surface area contributed by atoms with Gasteiger partial charge in [0.2, 0.25) is 5.91 Å². The van der Waals surface area contributed by atoms with Crippen LogP contribution in [0.5, 0.6) is 0 Å². The average Bonchev–Trinajstić information content (AvgIpc) is 2.97. The SMILES string of the molecule is Cc1ccc(NC(=O)CSc2nnc(-c3ccccc3F)n2C)cc1Cl. The highest BCUT2D eigenvalue weighted by Gasteiger charge is 2.15. The van der Waals surface area contributed by atoms with Crippen LogP contribution in [0.2, 0.25) is 5.02 Å². The van der Waals surface area contributed by atoms with Crippen LogP contribution in [0.3, 0.4) is 0 Å². The van der Waals surface area contributed by atoms with Gasteiger partial charge in [-0.3, -0.25) is 4.79 Å². The van der Waals surface area contributed by atoms with Gasteiger partial charge in [-0.2, -0.15) is 0 Å². The number of hydrogen-bond acceptors (Lipinski definition) is 4. The molecule has 0 aliphatic rings. The van der Waals surface area contributed by atoms with Crippen molar-refractivity contribution in [1.82, 2.24) is 14.8 Å².